The molecule has 0 aliphatic carbocycles. The van der Waals surface area contributed by atoms with Crippen molar-refractivity contribution in [2.75, 3.05) is 42.9 Å². The van der Waals surface area contributed by atoms with Gasteiger partial charge in [-0.15, -0.1) is 0 Å². The summed E-state index contributed by atoms with van der Waals surface area (Å²) in [5.41, 5.74) is 2.37. The number of ether oxygens (including phenoxy) is 3. The Bertz CT molecular complexity index is 1430. The van der Waals surface area contributed by atoms with Gasteiger partial charge in [-0.3, -0.25) is 9.35 Å². The minimum Gasteiger partial charge on any atom is -0.497 e. The normalized spacial score (nSPS) is 11.6. The summed E-state index contributed by atoms with van der Waals surface area (Å²) in [4.78, 5) is 21.3. The Hall–Kier alpha value is -4.26. The van der Waals surface area contributed by atoms with Crippen LogP contribution in [0.2, 0.25) is 0 Å². The molecule has 4 rings (SSSR count). The van der Waals surface area contributed by atoms with Crippen molar-refractivity contribution in [3.05, 3.63) is 66.7 Å². The van der Waals surface area contributed by atoms with Gasteiger partial charge in [0.25, 0.3) is 11.3 Å². The van der Waals surface area contributed by atoms with Gasteiger partial charge >= 0.3 is 0 Å². The third kappa shape index (κ3) is 6.12. The predicted octanol–water partition coefficient (Wildman–Crippen LogP) is 4.25. The molecule has 1 atom stereocenters. The SMILES string of the molecule is COCC(=O)Nc1cccc(N(c2nc3ccccc3nc2Nc2cc(OC)cc(OC)c2)S(=O)O)c1. The first kappa shape index (κ1) is 25.8. The summed E-state index contributed by atoms with van der Waals surface area (Å²) in [7, 11) is 4.49. The van der Waals surface area contributed by atoms with Crippen LogP contribution in [0.3, 0.4) is 0 Å². The lowest BCUT2D eigenvalue weighted by molar-refractivity contribution is -0.119. The van der Waals surface area contributed by atoms with Gasteiger partial charge in [0.1, 0.15) is 18.1 Å². The van der Waals surface area contributed by atoms with E-state index >= 15 is 0 Å². The molecule has 0 saturated heterocycles. The third-order valence-corrected chi connectivity index (χ3v) is 5.85. The Labute approximate surface area is 215 Å². The summed E-state index contributed by atoms with van der Waals surface area (Å²) in [6.45, 7) is -0.131. The summed E-state index contributed by atoms with van der Waals surface area (Å²) >= 11 is -2.55. The molecular formula is C25H25N5O6S. The van der Waals surface area contributed by atoms with Crippen molar-refractivity contribution < 1.29 is 27.8 Å². The molecule has 3 aromatic carbocycles. The number of nitrogens with one attached hydrogen (secondary N) is 2. The molecule has 12 heteroatoms. The van der Waals surface area contributed by atoms with Crippen molar-refractivity contribution in [2.24, 2.45) is 0 Å². The first-order valence-corrected chi connectivity index (χ1v) is 12.0. The Balaban J connectivity index is 1.83. The van der Waals surface area contributed by atoms with Gasteiger partial charge in [-0.2, -0.15) is 0 Å². The largest absolute Gasteiger partial charge is 0.497 e. The van der Waals surface area contributed by atoms with Gasteiger partial charge in [0, 0.05) is 36.7 Å². The highest BCUT2D eigenvalue weighted by atomic mass is 32.2. The molecule has 0 aliphatic rings. The highest BCUT2D eigenvalue weighted by molar-refractivity contribution is 7.81. The van der Waals surface area contributed by atoms with Gasteiger partial charge in [-0.25, -0.2) is 18.5 Å². The number of hydrogen-bond donors (Lipinski definition) is 3. The second-order valence-corrected chi connectivity index (χ2v) is 8.49. The molecule has 0 aliphatic heterocycles. The minimum absolute atomic E-state index is 0.0849. The van der Waals surface area contributed by atoms with Gasteiger partial charge in [0.2, 0.25) is 5.91 Å². The zero-order valence-corrected chi connectivity index (χ0v) is 21.1. The fourth-order valence-corrected chi connectivity index (χ4v) is 4.13. The zero-order chi connectivity index (χ0) is 26.4. The minimum atomic E-state index is -2.55. The van der Waals surface area contributed by atoms with E-state index in [0.29, 0.717) is 39.6 Å². The molecule has 37 heavy (non-hydrogen) atoms. The van der Waals surface area contributed by atoms with Crippen LogP contribution in [0.4, 0.5) is 28.7 Å². The number of amides is 1. The molecule has 1 aromatic heterocycles. The molecule has 1 unspecified atom stereocenters. The monoisotopic (exact) mass is 523 g/mol. The first-order chi connectivity index (χ1) is 17.9. The summed E-state index contributed by atoms with van der Waals surface area (Å²) in [6.07, 6.45) is 0. The number of aromatic nitrogens is 2. The molecule has 0 radical (unpaired) electrons. The summed E-state index contributed by atoms with van der Waals surface area (Å²) in [5.74, 6) is 1.02. The number of para-hydroxylation sites is 2. The van der Waals surface area contributed by atoms with Crippen molar-refractivity contribution in [3.8, 4) is 11.5 Å². The van der Waals surface area contributed by atoms with Crippen LogP contribution in [0, 0.1) is 0 Å². The van der Waals surface area contributed by atoms with Gasteiger partial charge in [0.15, 0.2) is 11.6 Å². The van der Waals surface area contributed by atoms with Crippen LogP contribution in [-0.4, -0.2) is 52.6 Å². The van der Waals surface area contributed by atoms with Crippen molar-refractivity contribution in [1.29, 1.82) is 0 Å². The van der Waals surface area contributed by atoms with E-state index in [4.69, 9.17) is 14.2 Å². The van der Waals surface area contributed by atoms with E-state index in [1.54, 1.807) is 60.7 Å². The van der Waals surface area contributed by atoms with Gasteiger partial charge in [-0.05, 0) is 30.3 Å². The van der Waals surface area contributed by atoms with Crippen LogP contribution < -0.4 is 24.4 Å². The van der Waals surface area contributed by atoms with Crippen LogP contribution in [0.1, 0.15) is 0 Å². The van der Waals surface area contributed by atoms with Crippen molar-refractivity contribution in [3.63, 3.8) is 0 Å². The van der Waals surface area contributed by atoms with Crippen LogP contribution in [0.15, 0.2) is 66.7 Å². The maximum Gasteiger partial charge on any atom is 0.268 e. The number of fused-ring (bicyclic) bond motifs is 1. The lowest BCUT2D eigenvalue weighted by Crippen LogP contribution is -2.23. The highest BCUT2D eigenvalue weighted by Gasteiger charge is 2.23. The Morgan fingerprint density at radius 2 is 1.59 bits per heavy atom. The maximum atomic E-state index is 12.7. The number of rotatable bonds is 10. The Morgan fingerprint density at radius 1 is 0.919 bits per heavy atom. The average Bonchev–Trinajstić information content (AvgIpc) is 2.89. The van der Waals surface area contributed by atoms with Gasteiger partial charge < -0.3 is 24.8 Å². The second kappa shape index (κ2) is 11.6. The van der Waals surface area contributed by atoms with Gasteiger partial charge in [0.05, 0.1) is 30.9 Å². The van der Waals surface area contributed by atoms with E-state index in [1.807, 2.05) is 6.07 Å². The molecule has 1 heterocycles. The number of methoxy groups -OCH3 is 3. The average molecular weight is 524 g/mol. The van der Waals surface area contributed by atoms with E-state index in [0.717, 1.165) is 4.31 Å². The molecule has 0 spiro atoms. The zero-order valence-electron chi connectivity index (χ0n) is 20.3. The lowest BCUT2D eigenvalue weighted by atomic mass is 10.2. The van der Waals surface area contributed by atoms with Crippen molar-refractivity contribution in [1.82, 2.24) is 9.97 Å². The first-order valence-electron chi connectivity index (χ1n) is 11.0. The number of carbonyl (C=O) groups is 1. The Morgan fingerprint density at radius 3 is 2.22 bits per heavy atom. The topological polar surface area (TPSA) is 135 Å². The molecule has 0 saturated carbocycles. The number of nitrogens with zero attached hydrogens (tertiary/aromatic N) is 3. The molecule has 1 amide bonds. The maximum absolute atomic E-state index is 12.7. The molecule has 3 N–H and O–H groups in total. The lowest BCUT2D eigenvalue weighted by Gasteiger charge is -2.23. The molecule has 11 nitrogen and oxygen atoms in total. The number of anilines is 5. The highest BCUT2D eigenvalue weighted by Crippen LogP contribution is 2.36. The van der Waals surface area contributed by atoms with Crippen LogP contribution in [0.5, 0.6) is 11.5 Å². The predicted molar refractivity (Wildman–Crippen MR) is 142 cm³/mol. The molecule has 192 valence electrons. The van der Waals surface area contributed by atoms with Crippen LogP contribution >= 0.6 is 0 Å². The van der Waals surface area contributed by atoms with E-state index in [9.17, 15) is 13.6 Å². The van der Waals surface area contributed by atoms with E-state index in [1.165, 1.54) is 21.3 Å². The summed E-state index contributed by atoms with van der Waals surface area (Å²) < 4.78 is 39.7. The summed E-state index contributed by atoms with van der Waals surface area (Å²) in [5, 5.41) is 5.86. The van der Waals surface area contributed by atoms with Crippen molar-refractivity contribution in [2.45, 2.75) is 0 Å². The second-order valence-electron chi connectivity index (χ2n) is 7.67. The van der Waals surface area contributed by atoms with Crippen LogP contribution in [-0.2, 0) is 20.8 Å². The quantitative estimate of drug-likeness (QED) is 0.261. The molecule has 4 aromatic rings. The fourth-order valence-electron chi connectivity index (χ4n) is 3.56. The van der Waals surface area contributed by atoms with Crippen LogP contribution in [0.25, 0.3) is 11.0 Å². The third-order valence-electron chi connectivity index (χ3n) is 5.15. The Kier molecular flexibility index (Phi) is 8.13. The fraction of sp³-hybridized carbons (Fsp3) is 0.160. The molecular weight excluding hydrogens is 498 g/mol. The smallest absolute Gasteiger partial charge is 0.268 e. The molecule has 0 bridgehead atoms. The standard InChI is InChI=1S/C25H25N5O6S/c1-34-15-23(31)26-16-7-6-8-18(11-16)30(37(32)33)25-24(28-21-9-4-5-10-22(21)29-25)27-17-12-19(35-2)14-20(13-17)36-3/h4-14H,15H2,1-3H3,(H,26,31)(H,27,28)(H,32,33). The number of benzene rings is 3. The number of carbonyl (C=O) groups excluding carboxylic acids is 1. The molecule has 0 fully saturated rings. The van der Waals surface area contributed by atoms with Gasteiger partial charge in [-0.1, -0.05) is 18.2 Å². The number of hydrogen-bond acceptors (Lipinski definition) is 8. The van der Waals surface area contributed by atoms with Crippen molar-refractivity contribution >= 4 is 56.9 Å². The van der Waals surface area contributed by atoms with E-state index in [2.05, 4.69) is 20.6 Å². The van der Waals surface area contributed by atoms with E-state index in [-0.39, 0.29) is 24.1 Å². The van der Waals surface area contributed by atoms with E-state index < -0.39 is 11.3 Å². The summed E-state index contributed by atoms with van der Waals surface area (Å²) in [6, 6.07) is 18.8.